The average molecular weight is 365 g/mol. The van der Waals surface area contributed by atoms with Crippen molar-refractivity contribution in [3.05, 3.63) is 82.1 Å². The highest BCUT2D eigenvalue weighted by Gasteiger charge is 2.30. The van der Waals surface area contributed by atoms with E-state index in [0.717, 1.165) is 23.4 Å². The molecule has 1 aliphatic rings. The monoisotopic (exact) mass is 364 g/mol. The van der Waals surface area contributed by atoms with Crippen molar-refractivity contribution in [3.8, 4) is 5.69 Å². The van der Waals surface area contributed by atoms with Gasteiger partial charge in [-0.3, -0.25) is 4.79 Å². The summed E-state index contributed by atoms with van der Waals surface area (Å²) in [5.41, 5.74) is 5.20. The summed E-state index contributed by atoms with van der Waals surface area (Å²) in [5, 5.41) is 5.16. The van der Waals surface area contributed by atoms with Crippen LogP contribution < -0.4 is 0 Å². The van der Waals surface area contributed by atoms with Crippen LogP contribution in [-0.2, 0) is 6.42 Å². The Balaban J connectivity index is 1.68. The van der Waals surface area contributed by atoms with E-state index in [-0.39, 0.29) is 11.7 Å². The molecule has 0 unspecified atom stereocenters. The summed E-state index contributed by atoms with van der Waals surface area (Å²) in [5.74, 6) is 0.873. The van der Waals surface area contributed by atoms with E-state index in [1.807, 2.05) is 28.9 Å². The number of Topliss-reactive ketones (excluding diaryl/α,β-unsaturated/α-hetero) is 1. The van der Waals surface area contributed by atoms with Crippen molar-refractivity contribution in [1.29, 1.82) is 0 Å². The molecule has 26 heavy (non-hydrogen) atoms. The van der Waals surface area contributed by atoms with E-state index in [2.05, 4.69) is 43.2 Å². The average Bonchev–Trinajstić information content (AvgIpc) is 3.07. The lowest BCUT2D eigenvalue weighted by Crippen LogP contribution is -2.20. The molecular weight excluding hydrogens is 344 g/mol. The van der Waals surface area contributed by atoms with Crippen LogP contribution >= 0.6 is 11.6 Å². The van der Waals surface area contributed by atoms with Crippen LogP contribution in [0.5, 0.6) is 0 Å². The Labute approximate surface area is 158 Å². The second kappa shape index (κ2) is 6.73. The molecule has 0 saturated carbocycles. The van der Waals surface area contributed by atoms with Crippen molar-refractivity contribution < 1.29 is 4.79 Å². The molecule has 0 spiro atoms. The van der Waals surface area contributed by atoms with Crippen LogP contribution in [0.25, 0.3) is 5.69 Å². The molecule has 1 aliphatic carbocycles. The topological polar surface area (TPSA) is 34.9 Å². The number of ketones is 1. The number of hydrogen-bond donors (Lipinski definition) is 0. The molecule has 132 valence electrons. The molecule has 0 N–H and O–H groups in total. The minimum atomic E-state index is 0.171. The minimum absolute atomic E-state index is 0.171. The van der Waals surface area contributed by atoms with Crippen LogP contribution in [0.2, 0.25) is 5.02 Å². The SMILES string of the molecule is CC(C)c1ccc([C@H]2CC(=O)c3cnn(-c4ccc(Cl)cc4)c3C2)cc1. The molecule has 0 fully saturated rings. The predicted octanol–water partition coefficient (Wildman–Crippen LogP) is 5.56. The fourth-order valence-electron chi connectivity index (χ4n) is 3.64. The second-order valence-corrected chi connectivity index (χ2v) is 7.68. The Morgan fingerprint density at radius 2 is 1.73 bits per heavy atom. The van der Waals surface area contributed by atoms with Gasteiger partial charge in [0.15, 0.2) is 5.78 Å². The van der Waals surface area contributed by atoms with Gasteiger partial charge in [0.1, 0.15) is 0 Å². The molecule has 0 bridgehead atoms. The Bertz CT molecular complexity index is 939. The van der Waals surface area contributed by atoms with Gasteiger partial charge in [0.25, 0.3) is 0 Å². The lowest BCUT2D eigenvalue weighted by molar-refractivity contribution is 0.0963. The molecule has 3 nitrogen and oxygen atoms in total. The van der Waals surface area contributed by atoms with Crippen LogP contribution in [0.1, 0.15) is 59.3 Å². The maximum atomic E-state index is 12.7. The Morgan fingerprint density at radius 3 is 2.38 bits per heavy atom. The van der Waals surface area contributed by atoms with E-state index in [4.69, 9.17) is 11.6 Å². The number of aromatic nitrogens is 2. The predicted molar refractivity (Wildman–Crippen MR) is 104 cm³/mol. The molecule has 1 aromatic heterocycles. The molecule has 0 radical (unpaired) electrons. The van der Waals surface area contributed by atoms with Gasteiger partial charge in [-0.05, 0) is 53.6 Å². The normalized spacial score (nSPS) is 16.8. The van der Waals surface area contributed by atoms with Gasteiger partial charge in [-0.1, -0.05) is 49.7 Å². The first-order valence-electron chi connectivity index (χ1n) is 8.99. The van der Waals surface area contributed by atoms with E-state index < -0.39 is 0 Å². The number of rotatable bonds is 3. The fourth-order valence-corrected chi connectivity index (χ4v) is 3.76. The highest BCUT2D eigenvalue weighted by Crippen LogP contribution is 2.34. The highest BCUT2D eigenvalue weighted by atomic mass is 35.5. The fraction of sp³-hybridized carbons (Fsp3) is 0.273. The minimum Gasteiger partial charge on any atom is -0.294 e. The number of nitrogens with zero attached hydrogens (tertiary/aromatic N) is 2. The molecule has 4 heteroatoms. The van der Waals surface area contributed by atoms with Gasteiger partial charge in [0.2, 0.25) is 0 Å². The van der Waals surface area contributed by atoms with E-state index in [1.54, 1.807) is 6.20 Å². The van der Waals surface area contributed by atoms with Gasteiger partial charge in [0, 0.05) is 11.4 Å². The third kappa shape index (κ3) is 3.08. The number of benzene rings is 2. The third-order valence-electron chi connectivity index (χ3n) is 5.19. The quantitative estimate of drug-likeness (QED) is 0.609. The van der Waals surface area contributed by atoms with Crippen LogP contribution in [0.4, 0.5) is 0 Å². The van der Waals surface area contributed by atoms with E-state index in [0.29, 0.717) is 17.4 Å². The van der Waals surface area contributed by atoms with E-state index in [1.165, 1.54) is 11.1 Å². The Morgan fingerprint density at radius 1 is 1.04 bits per heavy atom. The number of carbonyl (C=O) groups excluding carboxylic acids is 1. The van der Waals surface area contributed by atoms with Crippen molar-refractivity contribution >= 4 is 17.4 Å². The molecule has 3 aromatic rings. The van der Waals surface area contributed by atoms with Gasteiger partial charge < -0.3 is 0 Å². The maximum Gasteiger partial charge on any atom is 0.166 e. The van der Waals surface area contributed by atoms with Crippen LogP contribution in [0, 0.1) is 0 Å². The lowest BCUT2D eigenvalue weighted by atomic mass is 9.82. The molecule has 0 amide bonds. The van der Waals surface area contributed by atoms with Gasteiger partial charge >= 0.3 is 0 Å². The standard InChI is InChI=1S/C22H21ClN2O/c1-14(2)15-3-5-16(6-4-15)17-11-21-20(22(26)12-17)13-24-25(21)19-9-7-18(23)8-10-19/h3-10,13-14,17H,11-12H2,1-2H3/t17-/m1/s1. The number of carbonyl (C=O) groups is 1. The van der Waals surface area contributed by atoms with E-state index in [9.17, 15) is 4.79 Å². The van der Waals surface area contributed by atoms with Gasteiger partial charge in [-0.2, -0.15) is 5.10 Å². The number of hydrogen-bond acceptors (Lipinski definition) is 2. The van der Waals surface area contributed by atoms with Crippen molar-refractivity contribution in [2.75, 3.05) is 0 Å². The van der Waals surface area contributed by atoms with E-state index >= 15 is 0 Å². The molecular formula is C22H21ClN2O. The molecule has 4 rings (SSSR count). The van der Waals surface area contributed by atoms with Gasteiger partial charge in [0.05, 0.1) is 23.1 Å². The van der Waals surface area contributed by atoms with Crippen molar-refractivity contribution in [3.63, 3.8) is 0 Å². The van der Waals surface area contributed by atoms with Gasteiger partial charge in [-0.25, -0.2) is 4.68 Å². The molecule has 1 atom stereocenters. The smallest absolute Gasteiger partial charge is 0.166 e. The van der Waals surface area contributed by atoms with Crippen molar-refractivity contribution in [1.82, 2.24) is 9.78 Å². The Kier molecular flexibility index (Phi) is 4.41. The number of halogens is 1. The summed E-state index contributed by atoms with van der Waals surface area (Å²) in [6.07, 6.45) is 3.05. The molecule has 1 heterocycles. The second-order valence-electron chi connectivity index (χ2n) is 7.24. The first kappa shape index (κ1) is 17.0. The summed E-state index contributed by atoms with van der Waals surface area (Å²) in [7, 11) is 0. The van der Waals surface area contributed by atoms with Crippen LogP contribution in [0.3, 0.4) is 0 Å². The number of fused-ring (bicyclic) bond motifs is 1. The van der Waals surface area contributed by atoms with Crippen molar-refractivity contribution in [2.24, 2.45) is 0 Å². The Hall–Kier alpha value is -2.39. The molecule has 0 aliphatic heterocycles. The lowest BCUT2D eigenvalue weighted by Gasteiger charge is -2.23. The summed E-state index contributed by atoms with van der Waals surface area (Å²) in [6, 6.07) is 16.2. The third-order valence-corrected chi connectivity index (χ3v) is 5.44. The molecule has 0 saturated heterocycles. The summed E-state index contributed by atoms with van der Waals surface area (Å²) in [4.78, 5) is 12.7. The maximum absolute atomic E-state index is 12.7. The first-order valence-corrected chi connectivity index (χ1v) is 9.36. The largest absolute Gasteiger partial charge is 0.294 e. The van der Waals surface area contributed by atoms with Crippen LogP contribution in [-0.4, -0.2) is 15.6 Å². The van der Waals surface area contributed by atoms with Crippen molar-refractivity contribution in [2.45, 2.75) is 38.5 Å². The summed E-state index contributed by atoms with van der Waals surface area (Å²) in [6.45, 7) is 4.38. The summed E-state index contributed by atoms with van der Waals surface area (Å²) >= 11 is 5.99. The summed E-state index contributed by atoms with van der Waals surface area (Å²) < 4.78 is 1.87. The highest BCUT2D eigenvalue weighted by molar-refractivity contribution is 6.30. The first-order chi connectivity index (χ1) is 12.5. The zero-order chi connectivity index (χ0) is 18.3. The van der Waals surface area contributed by atoms with Crippen LogP contribution in [0.15, 0.2) is 54.7 Å². The molecule has 2 aromatic carbocycles. The zero-order valence-corrected chi connectivity index (χ0v) is 15.7. The van der Waals surface area contributed by atoms with Gasteiger partial charge in [-0.15, -0.1) is 0 Å². The zero-order valence-electron chi connectivity index (χ0n) is 14.9.